The highest BCUT2D eigenvalue weighted by molar-refractivity contribution is 5.89. The van der Waals surface area contributed by atoms with Crippen molar-refractivity contribution < 1.29 is 14.0 Å². The van der Waals surface area contributed by atoms with Gasteiger partial charge in [0.15, 0.2) is 0 Å². The van der Waals surface area contributed by atoms with Crippen LogP contribution in [0.25, 0.3) is 0 Å². The highest BCUT2D eigenvalue weighted by Crippen LogP contribution is 2.26. The molecule has 0 spiro atoms. The third-order valence-corrected chi connectivity index (χ3v) is 5.33. The molecule has 1 aromatic rings. The van der Waals surface area contributed by atoms with Crippen molar-refractivity contribution in [3.63, 3.8) is 0 Å². The van der Waals surface area contributed by atoms with Gasteiger partial charge in [0.1, 0.15) is 5.82 Å². The first-order valence-electron chi connectivity index (χ1n) is 9.23. The Kier molecular flexibility index (Phi) is 5.40. The van der Waals surface area contributed by atoms with Crippen LogP contribution in [0.4, 0.5) is 4.39 Å². The van der Waals surface area contributed by atoms with Crippen molar-refractivity contribution in [3.05, 3.63) is 35.6 Å². The van der Waals surface area contributed by atoms with E-state index in [4.69, 9.17) is 0 Å². The van der Waals surface area contributed by atoms with E-state index in [0.717, 1.165) is 25.1 Å². The van der Waals surface area contributed by atoms with Crippen LogP contribution in [-0.4, -0.2) is 47.8 Å². The van der Waals surface area contributed by atoms with Crippen LogP contribution in [0, 0.1) is 23.6 Å². The van der Waals surface area contributed by atoms with Crippen molar-refractivity contribution in [1.29, 1.82) is 0 Å². The molecule has 0 aliphatic carbocycles. The van der Waals surface area contributed by atoms with E-state index in [1.54, 1.807) is 17.0 Å². The second-order valence-electron chi connectivity index (χ2n) is 7.81. The van der Waals surface area contributed by atoms with Gasteiger partial charge < -0.3 is 9.80 Å². The van der Waals surface area contributed by atoms with Gasteiger partial charge in [0.25, 0.3) is 0 Å². The zero-order chi connectivity index (χ0) is 18.0. The molecule has 0 bridgehead atoms. The molecule has 1 aromatic carbocycles. The molecule has 2 heterocycles. The zero-order valence-electron chi connectivity index (χ0n) is 15.1. The molecule has 2 amide bonds. The maximum Gasteiger partial charge on any atom is 0.228 e. The normalized spacial score (nSPS) is 27.0. The minimum atomic E-state index is -0.253. The van der Waals surface area contributed by atoms with E-state index in [0.29, 0.717) is 37.8 Å². The van der Waals surface area contributed by atoms with Gasteiger partial charge in [-0.25, -0.2) is 4.39 Å². The van der Waals surface area contributed by atoms with Crippen molar-refractivity contribution in [2.45, 2.75) is 33.1 Å². The number of halogens is 1. The van der Waals surface area contributed by atoms with Gasteiger partial charge in [0.05, 0.1) is 5.92 Å². The van der Waals surface area contributed by atoms with Crippen molar-refractivity contribution in [3.8, 4) is 0 Å². The Balaban J connectivity index is 1.54. The van der Waals surface area contributed by atoms with Gasteiger partial charge in [-0.1, -0.05) is 26.0 Å². The quantitative estimate of drug-likeness (QED) is 0.841. The molecular weight excluding hydrogens is 319 g/mol. The molecule has 2 aliphatic rings. The fourth-order valence-electron chi connectivity index (χ4n) is 4.17. The van der Waals surface area contributed by atoms with E-state index in [-0.39, 0.29) is 23.5 Å². The maximum absolute atomic E-state index is 13.0. The standard InChI is InChI=1S/C20H27FN2O2/c1-14-9-15(2)12-23(11-14)20(25)17-10-19(24)22(13-17)8-7-16-3-5-18(21)6-4-16/h3-6,14-15,17H,7-13H2,1-2H3/t14-,15+,17-/m0/s1. The van der Waals surface area contributed by atoms with E-state index in [2.05, 4.69) is 13.8 Å². The predicted molar refractivity (Wildman–Crippen MR) is 94.3 cm³/mol. The minimum Gasteiger partial charge on any atom is -0.342 e. The molecule has 136 valence electrons. The summed E-state index contributed by atoms with van der Waals surface area (Å²) in [5.74, 6) is 0.781. The lowest BCUT2D eigenvalue weighted by Crippen LogP contribution is -2.45. The summed E-state index contributed by atoms with van der Waals surface area (Å²) in [5, 5.41) is 0. The van der Waals surface area contributed by atoms with Crippen molar-refractivity contribution in [2.24, 2.45) is 17.8 Å². The number of amides is 2. The molecule has 0 aromatic heterocycles. The summed E-state index contributed by atoms with van der Waals surface area (Å²) in [6.45, 7) is 7.08. The number of likely N-dealkylation sites (tertiary alicyclic amines) is 2. The van der Waals surface area contributed by atoms with Gasteiger partial charge in [-0.15, -0.1) is 0 Å². The average molecular weight is 346 g/mol. The zero-order valence-corrected chi connectivity index (χ0v) is 15.1. The summed E-state index contributed by atoms with van der Waals surface area (Å²) in [5.41, 5.74) is 1.00. The van der Waals surface area contributed by atoms with Crippen LogP contribution in [0.2, 0.25) is 0 Å². The Morgan fingerprint density at radius 3 is 2.40 bits per heavy atom. The maximum atomic E-state index is 13.0. The first kappa shape index (κ1) is 17.9. The van der Waals surface area contributed by atoms with Crippen LogP contribution in [0.5, 0.6) is 0 Å². The van der Waals surface area contributed by atoms with E-state index >= 15 is 0 Å². The van der Waals surface area contributed by atoms with Crippen LogP contribution in [0.3, 0.4) is 0 Å². The average Bonchev–Trinajstić information content (AvgIpc) is 2.93. The SMILES string of the molecule is C[C@@H]1C[C@H](C)CN(C(=O)[C@H]2CC(=O)N(CCc3ccc(F)cc3)C2)C1. The molecule has 0 saturated carbocycles. The molecule has 3 atom stereocenters. The predicted octanol–water partition coefficient (Wildman–Crippen LogP) is 2.72. The fraction of sp³-hybridized carbons (Fsp3) is 0.600. The van der Waals surface area contributed by atoms with Gasteiger partial charge in [0, 0.05) is 32.6 Å². The first-order valence-corrected chi connectivity index (χ1v) is 9.23. The van der Waals surface area contributed by atoms with E-state index in [1.807, 2.05) is 4.90 Å². The van der Waals surface area contributed by atoms with Crippen molar-refractivity contribution >= 4 is 11.8 Å². The summed E-state index contributed by atoms with van der Waals surface area (Å²) in [4.78, 5) is 28.8. The summed E-state index contributed by atoms with van der Waals surface area (Å²) in [6, 6.07) is 6.36. The third-order valence-electron chi connectivity index (χ3n) is 5.33. The lowest BCUT2D eigenvalue weighted by molar-refractivity contribution is -0.138. The second-order valence-corrected chi connectivity index (χ2v) is 7.81. The van der Waals surface area contributed by atoms with Gasteiger partial charge >= 0.3 is 0 Å². The number of benzene rings is 1. The Morgan fingerprint density at radius 2 is 1.76 bits per heavy atom. The molecule has 5 heteroatoms. The van der Waals surface area contributed by atoms with E-state index < -0.39 is 0 Å². The first-order chi connectivity index (χ1) is 11.9. The van der Waals surface area contributed by atoms with Crippen LogP contribution in [0.1, 0.15) is 32.3 Å². The topological polar surface area (TPSA) is 40.6 Å². The van der Waals surface area contributed by atoms with Gasteiger partial charge in [-0.3, -0.25) is 9.59 Å². The lowest BCUT2D eigenvalue weighted by atomic mass is 9.91. The third kappa shape index (κ3) is 4.39. The molecule has 3 rings (SSSR count). The van der Waals surface area contributed by atoms with Gasteiger partial charge in [-0.05, 0) is 42.4 Å². The molecule has 25 heavy (non-hydrogen) atoms. The molecule has 4 nitrogen and oxygen atoms in total. The number of hydrogen-bond acceptors (Lipinski definition) is 2. The second kappa shape index (κ2) is 7.54. The minimum absolute atomic E-state index is 0.0542. The van der Waals surface area contributed by atoms with E-state index in [9.17, 15) is 14.0 Å². The largest absolute Gasteiger partial charge is 0.342 e. The van der Waals surface area contributed by atoms with Crippen LogP contribution in [0.15, 0.2) is 24.3 Å². The molecule has 2 fully saturated rings. The molecule has 0 unspecified atom stereocenters. The molecule has 2 aliphatic heterocycles. The van der Waals surface area contributed by atoms with Gasteiger partial charge in [0.2, 0.25) is 11.8 Å². The molecule has 2 saturated heterocycles. The Hall–Kier alpha value is -1.91. The molecular formula is C20H27FN2O2. The highest BCUT2D eigenvalue weighted by Gasteiger charge is 2.37. The number of rotatable bonds is 4. The molecule has 0 radical (unpaired) electrons. The number of hydrogen-bond donors (Lipinski definition) is 0. The Bertz CT molecular complexity index is 621. The summed E-state index contributed by atoms with van der Waals surface area (Å²) in [6.07, 6.45) is 2.17. The summed E-state index contributed by atoms with van der Waals surface area (Å²) < 4.78 is 13.0. The number of nitrogens with zero attached hydrogens (tertiary/aromatic N) is 2. The van der Waals surface area contributed by atoms with Crippen molar-refractivity contribution in [1.82, 2.24) is 9.80 Å². The smallest absolute Gasteiger partial charge is 0.228 e. The fourth-order valence-corrected chi connectivity index (χ4v) is 4.17. The van der Waals surface area contributed by atoms with Crippen LogP contribution >= 0.6 is 0 Å². The summed E-state index contributed by atoms with van der Waals surface area (Å²) in [7, 11) is 0. The van der Waals surface area contributed by atoms with Crippen molar-refractivity contribution in [2.75, 3.05) is 26.2 Å². The van der Waals surface area contributed by atoms with Gasteiger partial charge in [-0.2, -0.15) is 0 Å². The Morgan fingerprint density at radius 1 is 1.12 bits per heavy atom. The summed E-state index contributed by atoms with van der Waals surface area (Å²) >= 11 is 0. The van der Waals surface area contributed by atoms with Crippen LogP contribution < -0.4 is 0 Å². The number of piperidine rings is 1. The number of carbonyl (C=O) groups excluding carboxylic acids is 2. The number of carbonyl (C=O) groups is 2. The lowest BCUT2D eigenvalue weighted by Gasteiger charge is -2.36. The monoisotopic (exact) mass is 346 g/mol. The van der Waals surface area contributed by atoms with E-state index in [1.165, 1.54) is 12.1 Å². The molecule has 0 N–H and O–H groups in total. The highest BCUT2D eigenvalue weighted by atomic mass is 19.1. The van der Waals surface area contributed by atoms with Crippen LogP contribution in [-0.2, 0) is 16.0 Å². The Labute approximate surface area is 149 Å².